The number of hydrogen-bond donors (Lipinski definition) is 0. The van der Waals surface area contributed by atoms with Gasteiger partial charge in [-0.15, -0.1) is 0 Å². The van der Waals surface area contributed by atoms with E-state index in [4.69, 9.17) is 16.3 Å². The summed E-state index contributed by atoms with van der Waals surface area (Å²) in [6, 6.07) is 4.89. The predicted molar refractivity (Wildman–Crippen MR) is 94.3 cm³/mol. The van der Waals surface area contributed by atoms with Gasteiger partial charge in [0.25, 0.3) is 0 Å². The fourth-order valence-electron chi connectivity index (χ4n) is 3.15. The Morgan fingerprint density at radius 2 is 1.96 bits per heavy atom. The van der Waals surface area contributed by atoms with Crippen molar-refractivity contribution in [3.8, 4) is 5.69 Å². The van der Waals surface area contributed by atoms with Crippen LogP contribution in [0.3, 0.4) is 0 Å². The van der Waals surface area contributed by atoms with E-state index in [2.05, 4.69) is 15.1 Å². The van der Waals surface area contributed by atoms with Crippen LogP contribution in [-0.4, -0.2) is 45.5 Å². The van der Waals surface area contributed by atoms with E-state index in [0.29, 0.717) is 29.9 Å². The van der Waals surface area contributed by atoms with Crippen LogP contribution < -0.4 is 4.90 Å². The lowest BCUT2D eigenvalue weighted by Gasteiger charge is -2.47. The average Bonchev–Trinajstić information content (AvgIpc) is 3.01. The number of hydrogen-bond acceptors (Lipinski definition) is 5. The highest BCUT2D eigenvalue weighted by atomic mass is 35.5. The van der Waals surface area contributed by atoms with Gasteiger partial charge in [0, 0.05) is 20.2 Å². The molecule has 1 fully saturated rings. The molecule has 0 spiro atoms. The Kier molecular flexibility index (Phi) is 4.04. The molecule has 27 heavy (non-hydrogen) atoms. The molecule has 3 heterocycles. The first-order chi connectivity index (χ1) is 12.7. The lowest BCUT2D eigenvalue weighted by atomic mass is 9.96. The zero-order chi connectivity index (χ0) is 19.4. The molecule has 1 aliphatic rings. The SMILES string of the molecule is COC1(C)CN(c2nc(Cl)nc3c2cnn3-c2cccc(C(F)(F)F)c2)C1. The summed E-state index contributed by atoms with van der Waals surface area (Å²) >= 11 is 6.07. The molecule has 0 saturated carbocycles. The Morgan fingerprint density at radius 3 is 2.63 bits per heavy atom. The maximum Gasteiger partial charge on any atom is 0.416 e. The summed E-state index contributed by atoms with van der Waals surface area (Å²) in [5.41, 5.74) is -0.454. The second-order valence-electron chi connectivity index (χ2n) is 6.67. The van der Waals surface area contributed by atoms with Crippen LogP contribution in [0.2, 0.25) is 5.28 Å². The molecular formula is C17H15ClF3N5O. The monoisotopic (exact) mass is 397 g/mol. The molecule has 0 aliphatic carbocycles. The van der Waals surface area contributed by atoms with Crippen molar-refractivity contribution in [3.05, 3.63) is 41.3 Å². The number of anilines is 1. The van der Waals surface area contributed by atoms with Crippen LogP contribution >= 0.6 is 11.6 Å². The highest BCUT2D eigenvalue weighted by Crippen LogP contribution is 2.35. The fraction of sp³-hybridized carbons (Fsp3) is 0.353. The minimum Gasteiger partial charge on any atom is -0.375 e. The highest BCUT2D eigenvalue weighted by Gasteiger charge is 2.40. The van der Waals surface area contributed by atoms with Gasteiger partial charge in [0.05, 0.1) is 28.4 Å². The molecule has 4 rings (SSSR count). The van der Waals surface area contributed by atoms with E-state index < -0.39 is 11.7 Å². The van der Waals surface area contributed by atoms with Crippen LogP contribution in [0.4, 0.5) is 19.0 Å². The molecule has 3 aromatic rings. The first kappa shape index (κ1) is 18.0. The number of fused-ring (bicyclic) bond motifs is 1. The molecule has 10 heteroatoms. The Hall–Kier alpha value is -2.39. The third kappa shape index (κ3) is 3.10. The van der Waals surface area contributed by atoms with Crippen molar-refractivity contribution in [3.63, 3.8) is 0 Å². The molecule has 0 atom stereocenters. The Labute approximate surface area is 157 Å². The van der Waals surface area contributed by atoms with Crippen LogP contribution in [0.1, 0.15) is 12.5 Å². The van der Waals surface area contributed by atoms with Crippen LogP contribution in [-0.2, 0) is 10.9 Å². The Bertz CT molecular complexity index is 1010. The van der Waals surface area contributed by atoms with Gasteiger partial charge >= 0.3 is 6.18 Å². The van der Waals surface area contributed by atoms with Crippen LogP contribution in [0, 0.1) is 0 Å². The number of halogens is 4. The molecule has 0 N–H and O–H groups in total. The van der Waals surface area contributed by atoms with Gasteiger partial charge in [-0.3, -0.25) is 0 Å². The minimum absolute atomic E-state index is 0.00255. The van der Waals surface area contributed by atoms with E-state index in [1.165, 1.54) is 23.0 Å². The molecule has 1 saturated heterocycles. The van der Waals surface area contributed by atoms with Gasteiger partial charge in [-0.2, -0.15) is 28.2 Å². The first-order valence-electron chi connectivity index (χ1n) is 8.09. The molecule has 1 aliphatic heterocycles. The molecule has 142 valence electrons. The van der Waals surface area contributed by atoms with E-state index in [0.717, 1.165) is 12.1 Å². The molecular weight excluding hydrogens is 383 g/mol. The lowest BCUT2D eigenvalue weighted by Crippen LogP contribution is -2.61. The molecule has 1 aromatic carbocycles. The van der Waals surface area contributed by atoms with Gasteiger partial charge in [0.2, 0.25) is 5.28 Å². The normalized spacial score (nSPS) is 16.6. The van der Waals surface area contributed by atoms with Crippen molar-refractivity contribution >= 4 is 28.5 Å². The van der Waals surface area contributed by atoms with Gasteiger partial charge in [-0.25, -0.2) is 4.68 Å². The van der Waals surface area contributed by atoms with Gasteiger partial charge in [-0.1, -0.05) is 6.07 Å². The summed E-state index contributed by atoms with van der Waals surface area (Å²) in [6.07, 6.45) is -2.91. The summed E-state index contributed by atoms with van der Waals surface area (Å²) < 4.78 is 45.8. The molecule has 0 bridgehead atoms. The predicted octanol–water partition coefficient (Wildman–Crippen LogP) is 3.71. The molecule has 6 nitrogen and oxygen atoms in total. The van der Waals surface area contributed by atoms with E-state index in [1.54, 1.807) is 7.11 Å². The maximum atomic E-state index is 13.0. The number of alkyl halides is 3. The van der Waals surface area contributed by atoms with Crippen molar-refractivity contribution in [2.24, 2.45) is 0 Å². The van der Waals surface area contributed by atoms with Crippen LogP contribution in [0.25, 0.3) is 16.7 Å². The third-order valence-corrected chi connectivity index (χ3v) is 4.81. The van der Waals surface area contributed by atoms with E-state index in [1.807, 2.05) is 11.8 Å². The largest absolute Gasteiger partial charge is 0.416 e. The zero-order valence-electron chi connectivity index (χ0n) is 14.5. The van der Waals surface area contributed by atoms with Crippen LogP contribution in [0.5, 0.6) is 0 Å². The van der Waals surface area contributed by atoms with Crippen molar-refractivity contribution in [2.45, 2.75) is 18.7 Å². The standard InChI is InChI=1S/C17H15ClF3N5O/c1-16(27-2)8-25(9-16)13-12-7-22-26(14(12)24-15(18)23-13)11-5-3-4-10(6-11)17(19,20)21/h3-7H,8-9H2,1-2H3. The average molecular weight is 398 g/mol. The van der Waals surface area contributed by atoms with Crippen molar-refractivity contribution in [2.75, 3.05) is 25.1 Å². The molecule has 0 radical (unpaired) electrons. The van der Waals surface area contributed by atoms with Crippen molar-refractivity contribution in [1.29, 1.82) is 0 Å². The maximum absolute atomic E-state index is 13.0. The minimum atomic E-state index is -4.45. The second-order valence-corrected chi connectivity index (χ2v) is 7.01. The lowest BCUT2D eigenvalue weighted by molar-refractivity contribution is -0.137. The quantitative estimate of drug-likeness (QED) is 0.630. The van der Waals surface area contributed by atoms with E-state index >= 15 is 0 Å². The summed E-state index contributed by atoms with van der Waals surface area (Å²) in [7, 11) is 1.64. The fourth-order valence-corrected chi connectivity index (χ4v) is 3.31. The Morgan fingerprint density at radius 1 is 1.22 bits per heavy atom. The smallest absolute Gasteiger partial charge is 0.375 e. The van der Waals surface area contributed by atoms with E-state index in [-0.39, 0.29) is 16.6 Å². The highest BCUT2D eigenvalue weighted by molar-refractivity contribution is 6.28. The zero-order valence-corrected chi connectivity index (χ0v) is 15.2. The third-order valence-electron chi connectivity index (χ3n) is 4.64. The van der Waals surface area contributed by atoms with Crippen molar-refractivity contribution < 1.29 is 17.9 Å². The first-order valence-corrected chi connectivity index (χ1v) is 8.47. The molecule has 2 aromatic heterocycles. The van der Waals surface area contributed by atoms with Gasteiger partial charge in [0.15, 0.2) is 5.65 Å². The number of ether oxygens (including phenoxy) is 1. The molecule has 0 unspecified atom stereocenters. The number of nitrogens with zero attached hydrogens (tertiary/aromatic N) is 5. The summed E-state index contributed by atoms with van der Waals surface area (Å²) in [4.78, 5) is 10.4. The Balaban J connectivity index is 1.79. The van der Waals surface area contributed by atoms with E-state index in [9.17, 15) is 13.2 Å². The number of benzene rings is 1. The number of methoxy groups -OCH3 is 1. The summed E-state index contributed by atoms with van der Waals surface area (Å²) in [5.74, 6) is 0.581. The summed E-state index contributed by atoms with van der Waals surface area (Å²) in [5, 5.41) is 4.82. The molecule has 0 amide bonds. The van der Waals surface area contributed by atoms with Crippen LogP contribution in [0.15, 0.2) is 30.5 Å². The topological polar surface area (TPSA) is 56.1 Å². The van der Waals surface area contributed by atoms with Gasteiger partial charge in [0.1, 0.15) is 5.82 Å². The summed E-state index contributed by atoms with van der Waals surface area (Å²) in [6.45, 7) is 3.21. The number of rotatable bonds is 3. The van der Waals surface area contributed by atoms with Crippen molar-refractivity contribution in [1.82, 2.24) is 19.7 Å². The van der Waals surface area contributed by atoms with Gasteiger partial charge < -0.3 is 9.64 Å². The van der Waals surface area contributed by atoms with Gasteiger partial charge in [-0.05, 0) is 36.7 Å². The second kappa shape index (κ2) is 6.07. The number of aromatic nitrogens is 4.